The van der Waals surface area contributed by atoms with Crippen molar-refractivity contribution in [3.8, 4) is 11.4 Å². The Balaban J connectivity index is 1.78. The van der Waals surface area contributed by atoms with Gasteiger partial charge in [-0.2, -0.15) is 0 Å². The number of nitrogens with zero attached hydrogens (tertiary/aromatic N) is 5. The molecule has 1 unspecified atom stereocenters. The highest BCUT2D eigenvalue weighted by Gasteiger charge is 2.21. The summed E-state index contributed by atoms with van der Waals surface area (Å²) in [5.74, 6) is 0.593. The lowest BCUT2D eigenvalue weighted by Gasteiger charge is -2.11. The number of aromatic nitrogens is 5. The van der Waals surface area contributed by atoms with Crippen LogP contribution in [0, 0.1) is 0 Å². The average molecular weight is 372 g/mol. The number of pyridine rings is 1. The van der Waals surface area contributed by atoms with E-state index in [2.05, 4.69) is 32.1 Å². The largest absolute Gasteiger partial charge is 0.301 e. The van der Waals surface area contributed by atoms with Gasteiger partial charge in [0.1, 0.15) is 0 Å². The predicted molar refractivity (Wildman–Crippen MR) is 99.5 cm³/mol. The molecule has 3 rings (SSSR count). The zero-order valence-electron chi connectivity index (χ0n) is 13.5. The normalized spacial score (nSPS) is 11.9. The number of nitrogens with one attached hydrogen (secondary N) is 1. The molecule has 3 heterocycles. The van der Waals surface area contributed by atoms with Crippen LogP contribution in [0.1, 0.15) is 6.92 Å². The van der Waals surface area contributed by atoms with Gasteiger partial charge in [-0.15, -0.1) is 28.1 Å². The summed E-state index contributed by atoms with van der Waals surface area (Å²) in [6.45, 7) is 6.17. The van der Waals surface area contributed by atoms with Gasteiger partial charge in [-0.3, -0.25) is 14.3 Å². The Bertz CT molecular complexity index is 847. The molecule has 0 aliphatic rings. The topological polar surface area (TPSA) is 85.6 Å². The quantitative estimate of drug-likeness (QED) is 0.507. The molecule has 25 heavy (non-hydrogen) atoms. The maximum Gasteiger partial charge on any atom is 0.239 e. The van der Waals surface area contributed by atoms with E-state index in [0.29, 0.717) is 16.8 Å². The molecule has 0 saturated heterocycles. The van der Waals surface area contributed by atoms with Gasteiger partial charge in [0.25, 0.3) is 0 Å². The number of carbonyl (C=O) groups excluding carboxylic acids is 1. The van der Waals surface area contributed by atoms with Gasteiger partial charge in [0, 0.05) is 36.1 Å². The minimum Gasteiger partial charge on any atom is -0.301 e. The number of carbonyl (C=O) groups is 1. The van der Waals surface area contributed by atoms with Crippen molar-refractivity contribution in [2.45, 2.75) is 23.9 Å². The van der Waals surface area contributed by atoms with Crippen LogP contribution in [0.2, 0.25) is 0 Å². The van der Waals surface area contributed by atoms with Crippen LogP contribution >= 0.6 is 23.1 Å². The van der Waals surface area contributed by atoms with E-state index in [1.165, 1.54) is 23.1 Å². The van der Waals surface area contributed by atoms with E-state index in [4.69, 9.17) is 0 Å². The average Bonchev–Trinajstić information content (AvgIpc) is 3.26. The molecule has 9 heteroatoms. The molecule has 0 aromatic carbocycles. The van der Waals surface area contributed by atoms with E-state index in [-0.39, 0.29) is 11.2 Å². The molecular weight excluding hydrogens is 356 g/mol. The summed E-state index contributed by atoms with van der Waals surface area (Å²) in [5, 5.41) is 14.0. The van der Waals surface area contributed by atoms with Gasteiger partial charge in [0.05, 0.1) is 5.25 Å². The third-order valence-electron chi connectivity index (χ3n) is 3.28. The number of allylic oxidation sites excluding steroid dienone is 1. The first kappa shape index (κ1) is 17.3. The van der Waals surface area contributed by atoms with Gasteiger partial charge in [0.2, 0.25) is 5.91 Å². The zero-order chi connectivity index (χ0) is 17.6. The number of rotatable bonds is 7. The molecule has 1 amide bonds. The molecule has 1 atom stereocenters. The Morgan fingerprint density at radius 2 is 2.20 bits per heavy atom. The maximum atomic E-state index is 12.3. The number of hydrogen-bond donors (Lipinski definition) is 1. The number of amides is 1. The van der Waals surface area contributed by atoms with E-state index < -0.39 is 0 Å². The van der Waals surface area contributed by atoms with Gasteiger partial charge < -0.3 is 5.32 Å². The molecule has 0 aliphatic carbocycles. The fourth-order valence-electron chi connectivity index (χ4n) is 2.09. The zero-order valence-corrected chi connectivity index (χ0v) is 15.1. The summed E-state index contributed by atoms with van der Waals surface area (Å²) in [6, 6.07) is 3.74. The van der Waals surface area contributed by atoms with Crippen molar-refractivity contribution in [1.29, 1.82) is 0 Å². The van der Waals surface area contributed by atoms with Crippen LogP contribution in [0.5, 0.6) is 0 Å². The van der Waals surface area contributed by atoms with E-state index in [9.17, 15) is 4.79 Å². The summed E-state index contributed by atoms with van der Waals surface area (Å²) in [5.41, 5.74) is 0.913. The van der Waals surface area contributed by atoms with Gasteiger partial charge in [-0.1, -0.05) is 17.8 Å². The maximum absolute atomic E-state index is 12.3. The van der Waals surface area contributed by atoms with Crippen LogP contribution in [0.4, 0.5) is 5.13 Å². The van der Waals surface area contributed by atoms with Crippen molar-refractivity contribution in [3.05, 3.63) is 48.8 Å². The summed E-state index contributed by atoms with van der Waals surface area (Å²) in [4.78, 5) is 20.4. The Morgan fingerprint density at radius 1 is 1.40 bits per heavy atom. The molecule has 1 N–H and O–H groups in total. The number of anilines is 1. The molecule has 0 saturated carbocycles. The summed E-state index contributed by atoms with van der Waals surface area (Å²) in [7, 11) is 0. The van der Waals surface area contributed by atoms with Crippen LogP contribution in [-0.4, -0.2) is 35.9 Å². The Kier molecular flexibility index (Phi) is 5.56. The summed E-state index contributed by atoms with van der Waals surface area (Å²) < 4.78 is 1.93. The highest BCUT2D eigenvalue weighted by molar-refractivity contribution is 8.00. The first-order valence-electron chi connectivity index (χ1n) is 7.50. The molecule has 7 nitrogen and oxygen atoms in total. The number of thiazole rings is 1. The van der Waals surface area contributed by atoms with Gasteiger partial charge >= 0.3 is 0 Å². The fraction of sp³-hybridized carbons (Fsp3) is 0.188. The minimum atomic E-state index is -0.345. The molecule has 3 aromatic heterocycles. The van der Waals surface area contributed by atoms with Crippen molar-refractivity contribution in [2.75, 3.05) is 5.32 Å². The highest BCUT2D eigenvalue weighted by Crippen LogP contribution is 2.27. The van der Waals surface area contributed by atoms with Gasteiger partial charge in [-0.05, 0) is 19.1 Å². The summed E-state index contributed by atoms with van der Waals surface area (Å²) in [6.07, 6.45) is 6.84. The predicted octanol–water partition coefficient (Wildman–Crippen LogP) is 3.10. The molecule has 0 aliphatic heterocycles. The third kappa shape index (κ3) is 4.12. The van der Waals surface area contributed by atoms with E-state index in [0.717, 1.165) is 11.4 Å². The Hall–Kier alpha value is -2.52. The van der Waals surface area contributed by atoms with Crippen LogP contribution in [-0.2, 0) is 11.3 Å². The fourth-order valence-corrected chi connectivity index (χ4v) is 3.48. The molecule has 0 bridgehead atoms. The number of thioether (sulfide) groups is 1. The number of hydrogen-bond acceptors (Lipinski definition) is 7. The van der Waals surface area contributed by atoms with Crippen LogP contribution in [0.25, 0.3) is 11.4 Å². The van der Waals surface area contributed by atoms with Crippen LogP contribution in [0.3, 0.4) is 0 Å². The molecular formula is C16H16N6OS2. The second kappa shape index (κ2) is 8.04. The standard InChI is InChI=1S/C16H16N6OS2/c1-3-9-22-13(12-4-6-17-7-5-12)20-21-16(22)25-11(2)14(23)19-15-18-8-10-24-15/h3-8,10-11H,1,9H2,2H3,(H,18,19,23). The monoisotopic (exact) mass is 372 g/mol. The van der Waals surface area contributed by atoms with E-state index in [1.54, 1.807) is 24.7 Å². The lowest BCUT2D eigenvalue weighted by atomic mass is 10.2. The van der Waals surface area contributed by atoms with Crippen molar-refractivity contribution < 1.29 is 4.79 Å². The minimum absolute atomic E-state index is 0.126. The van der Waals surface area contributed by atoms with E-state index in [1.807, 2.05) is 29.0 Å². The lowest BCUT2D eigenvalue weighted by molar-refractivity contribution is -0.115. The van der Waals surface area contributed by atoms with Crippen LogP contribution < -0.4 is 5.32 Å². The molecule has 0 radical (unpaired) electrons. The lowest BCUT2D eigenvalue weighted by Crippen LogP contribution is -2.22. The van der Waals surface area contributed by atoms with Crippen molar-refractivity contribution in [1.82, 2.24) is 24.7 Å². The second-order valence-corrected chi connectivity index (χ2v) is 7.23. The van der Waals surface area contributed by atoms with Gasteiger partial charge in [0.15, 0.2) is 16.1 Å². The van der Waals surface area contributed by atoms with Gasteiger partial charge in [-0.25, -0.2) is 4.98 Å². The first-order chi connectivity index (χ1) is 12.2. The third-order valence-corrected chi connectivity index (χ3v) is 5.05. The van der Waals surface area contributed by atoms with Crippen molar-refractivity contribution >= 4 is 34.1 Å². The Morgan fingerprint density at radius 3 is 2.88 bits per heavy atom. The SMILES string of the molecule is C=CCn1c(SC(C)C(=O)Nc2nccs2)nnc1-c1ccncc1. The smallest absolute Gasteiger partial charge is 0.239 e. The molecule has 128 valence electrons. The van der Waals surface area contributed by atoms with Crippen molar-refractivity contribution in [3.63, 3.8) is 0 Å². The molecule has 0 fully saturated rings. The Labute approximate surface area is 153 Å². The second-order valence-electron chi connectivity index (χ2n) is 5.03. The highest BCUT2D eigenvalue weighted by atomic mass is 32.2. The van der Waals surface area contributed by atoms with Crippen molar-refractivity contribution in [2.24, 2.45) is 0 Å². The first-order valence-corrected chi connectivity index (χ1v) is 9.26. The van der Waals surface area contributed by atoms with Crippen LogP contribution in [0.15, 0.2) is 53.9 Å². The molecule has 0 spiro atoms. The van der Waals surface area contributed by atoms with E-state index >= 15 is 0 Å². The summed E-state index contributed by atoms with van der Waals surface area (Å²) >= 11 is 2.73. The molecule has 3 aromatic rings.